The lowest BCUT2D eigenvalue weighted by Crippen LogP contribution is -2.36. The van der Waals surface area contributed by atoms with E-state index in [-0.39, 0.29) is 24.1 Å². The number of likely N-dealkylation sites (N-methyl/N-ethyl adjacent to an activating group) is 1. The minimum absolute atomic E-state index is 0.0592. The molecule has 4 rings (SSSR count). The Morgan fingerprint density at radius 3 is 3.00 bits per heavy atom. The molecular weight excluding hydrogens is 306 g/mol. The number of hydrogen-bond acceptors (Lipinski definition) is 3. The van der Waals surface area contributed by atoms with Crippen molar-refractivity contribution < 1.29 is 14.3 Å². The molecule has 0 spiro atoms. The normalized spacial score (nSPS) is 24.0. The van der Waals surface area contributed by atoms with E-state index in [0.717, 1.165) is 10.9 Å². The van der Waals surface area contributed by atoms with E-state index in [1.54, 1.807) is 35.2 Å². The van der Waals surface area contributed by atoms with Gasteiger partial charge in [0.1, 0.15) is 6.10 Å². The van der Waals surface area contributed by atoms with E-state index < -0.39 is 0 Å². The van der Waals surface area contributed by atoms with Crippen molar-refractivity contribution in [1.29, 1.82) is 0 Å². The van der Waals surface area contributed by atoms with Gasteiger partial charge in [-0.2, -0.15) is 0 Å². The van der Waals surface area contributed by atoms with Crippen LogP contribution >= 0.6 is 11.6 Å². The monoisotopic (exact) mass is 319 g/mol. The number of rotatable bonds is 1. The van der Waals surface area contributed by atoms with E-state index in [2.05, 4.69) is 4.98 Å². The number of fused-ring (bicyclic) bond motifs is 2. The number of benzene rings is 1. The number of nitrogens with zero attached hydrogens (tertiary/aromatic N) is 2. The fourth-order valence-electron chi connectivity index (χ4n) is 3.20. The van der Waals surface area contributed by atoms with Crippen LogP contribution in [0, 0.1) is 0 Å². The molecular formula is C15H14ClN3O3. The van der Waals surface area contributed by atoms with Gasteiger partial charge >= 0.3 is 6.09 Å². The minimum atomic E-state index is -0.316. The molecule has 6 nitrogen and oxygen atoms in total. The Balaban J connectivity index is 1.61. The van der Waals surface area contributed by atoms with Crippen molar-refractivity contribution in [3.8, 4) is 0 Å². The van der Waals surface area contributed by atoms with Gasteiger partial charge in [0, 0.05) is 35.7 Å². The highest BCUT2D eigenvalue weighted by Crippen LogP contribution is 2.28. The number of aromatic amines is 1. The van der Waals surface area contributed by atoms with Crippen molar-refractivity contribution in [2.75, 3.05) is 20.1 Å². The molecule has 0 bridgehead atoms. The fourth-order valence-corrected chi connectivity index (χ4v) is 3.38. The zero-order valence-corrected chi connectivity index (χ0v) is 12.6. The molecule has 0 saturated carbocycles. The number of carbonyl (C=O) groups excluding carboxylic acids is 2. The number of H-pyrrole nitrogens is 1. The number of ether oxygens (including phenoxy) is 1. The van der Waals surface area contributed by atoms with Gasteiger partial charge < -0.3 is 19.5 Å². The molecule has 2 fully saturated rings. The maximum Gasteiger partial charge on any atom is 0.410 e. The van der Waals surface area contributed by atoms with Crippen LogP contribution in [0.5, 0.6) is 0 Å². The van der Waals surface area contributed by atoms with Gasteiger partial charge in [0.2, 0.25) is 0 Å². The van der Waals surface area contributed by atoms with Gasteiger partial charge in [-0.25, -0.2) is 4.79 Å². The Bertz CT molecular complexity index is 787. The first kappa shape index (κ1) is 13.5. The second-order valence-corrected chi connectivity index (χ2v) is 6.14. The van der Waals surface area contributed by atoms with Gasteiger partial charge in [0.15, 0.2) is 0 Å². The Morgan fingerprint density at radius 1 is 1.41 bits per heavy atom. The third-order valence-electron chi connectivity index (χ3n) is 4.44. The Labute approximate surface area is 131 Å². The van der Waals surface area contributed by atoms with Gasteiger partial charge in [-0.3, -0.25) is 4.79 Å². The summed E-state index contributed by atoms with van der Waals surface area (Å²) in [5, 5.41) is 1.47. The molecule has 2 aliphatic rings. The number of aromatic nitrogens is 1. The summed E-state index contributed by atoms with van der Waals surface area (Å²) >= 11 is 5.96. The molecule has 7 heteroatoms. The first-order valence-corrected chi connectivity index (χ1v) is 7.42. The van der Waals surface area contributed by atoms with E-state index in [1.165, 1.54) is 0 Å². The molecule has 1 aromatic heterocycles. The molecule has 114 valence electrons. The highest BCUT2D eigenvalue weighted by Gasteiger charge is 2.47. The van der Waals surface area contributed by atoms with Gasteiger partial charge in [-0.1, -0.05) is 17.7 Å². The summed E-state index contributed by atoms with van der Waals surface area (Å²) in [5.41, 5.74) is 1.44. The Morgan fingerprint density at radius 2 is 2.23 bits per heavy atom. The van der Waals surface area contributed by atoms with Crippen molar-refractivity contribution in [3.05, 3.63) is 35.0 Å². The smallest absolute Gasteiger partial charge is 0.410 e. The van der Waals surface area contributed by atoms with Gasteiger partial charge in [0.25, 0.3) is 5.91 Å². The van der Waals surface area contributed by atoms with Gasteiger partial charge in [-0.05, 0) is 12.1 Å². The molecule has 3 heterocycles. The largest absolute Gasteiger partial charge is 0.442 e. The average molecular weight is 320 g/mol. The molecule has 0 radical (unpaired) electrons. The fraction of sp³-hybridized carbons (Fsp3) is 0.333. The first-order valence-electron chi connectivity index (χ1n) is 7.04. The molecule has 2 saturated heterocycles. The lowest BCUT2D eigenvalue weighted by molar-refractivity contribution is 0.0734. The van der Waals surface area contributed by atoms with Gasteiger partial charge in [-0.15, -0.1) is 0 Å². The molecule has 2 aromatic rings. The van der Waals surface area contributed by atoms with E-state index >= 15 is 0 Å². The summed E-state index contributed by atoms with van der Waals surface area (Å²) in [6, 6.07) is 5.34. The SMILES string of the molecule is CN1C(=O)O[C@H]2CN(C(=O)c3c[nH]c4cc(Cl)ccc34)C[C@H]21. The topological polar surface area (TPSA) is 65.6 Å². The molecule has 2 atom stereocenters. The Kier molecular flexibility index (Phi) is 2.84. The van der Waals surface area contributed by atoms with Gasteiger partial charge in [0.05, 0.1) is 18.2 Å². The quantitative estimate of drug-likeness (QED) is 0.875. The lowest BCUT2D eigenvalue weighted by atomic mass is 10.1. The highest BCUT2D eigenvalue weighted by molar-refractivity contribution is 6.31. The summed E-state index contributed by atoms with van der Waals surface area (Å²) in [7, 11) is 1.70. The molecule has 1 N–H and O–H groups in total. The first-order chi connectivity index (χ1) is 10.5. The predicted molar refractivity (Wildman–Crippen MR) is 81.0 cm³/mol. The number of nitrogens with one attached hydrogen (secondary N) is 1. The van der Waals surface area contributed by atoms with E-state index in [1.807, 2.05) is 6.07 Å². The zero-order valence-electron chi connectivity index (χ0n) is 11.9. The average Bonchev–Trinajstić information content (AvgIpc) is 3.14. The number of carbonyl (C=O) groups is 2. The van der Waals surface area contributed by atoms with Crippen LogP contribution in [-0.2, 0) is 4.74 Å². The second-order valence-electron chi connectivity index (χ2n) is 5.70. The Hall–Kier alpha value is -2.21. The predicted octanol–water partition coefficient (Wildman–Crippen LogP) is 2.10. The molecule has 1 aromatic carbocycles. The molecule has 0 unspecified atom stereocenters. The van der Waals surface area contributed by atoms with Crippen LogP contribution < -0.4 is 0 Å². The zero-order chi connectivity index (χ0) is 15.4. The molecule has 2 aliphatic heterocycles. The van der Waals surface area contributed by atoms with Crippen LogP contribution in [-0.4, -0.2) is 59.1 Å². The maximum absolute atomic E-state index is 12.7. The second kappa shape index (κ2) is 4.64. The molecule has 2 amide bonds. The van der Waals surface area contributed by atoms with Crippen LogP contribution in [0.2, 0.25) is 5.02 Å². The number of amides is 2. The highest BCUT2D eigenvalue weighted by atomic mass is 35.5. The van der Waals surface area contributed by atoms with Crippen molar-refractivity contribution in [1.82, 2.24) is 14.8 Å². The maximum atomic E-state index is 12.7. The summed E-state index contributed by atoms with van der Waals surface area (Å²) in [5.74, 6) is -0.0626. The van der Waals surface area contributed by atoms with Crippen LogP contribution in [0.25, 0.3) is 10.9 Å². The van der Waals surface area contributed by atoms with Crippen molar-refractivity contribution in [2.45, 2.75) is 12.1 Å². The lowest BCUT2D eigenvalue weighted by Gasteiger charge is -2.19. The van der Waals surface area contributed by atoms with Crippen molar-refractivity contribution >= 4 is 34.5 Å². The summed E-state index contributed by atoms with van der Waals surface area (Å²) in [6.07, 6.45) is 1.15. The number of likely N-dealkylation sites (tertiary alicyclic amines) is 1. The van der Waals surface area contributed by atoms with E-state index in [9.17, 15) is 9.59 Å². The number of halogens is 1. The van der Waals surface area contributed by atoms with Crippen LogP contribution in [0.3, 0.4) is 0 Å². The third-order valence-corrected chi connectivity index (χ3v) is 4.67. The van der Waals surface area contributed by atoms with Crippen molar-refractivity contribution in [3.63, 3.8) is 0 Å². The van der Waals surface area contributed by atoms with E-state index in [0.29, 0.717) is 23.7 Å². The summed E-state index contributed by atoms with van der Waals surface area (Å²) in [6.45, 7) is 0.922. The standard InChI is InChI=1S/C15H14ClN3O3/c1-18-12-6-19(7-13(12)22-15(18)21)14(20)10-5-17-11-4-8(16)2-3-9(10)11/h2-5,12-13,17H,6-7H2,1H3/t12-,13+/m1/s1. The summed E-state index contributed by atoms with van der Waals surface area (Å²) < 4.78 is 5.27. The van der Waals surface area contributed by atoms with E-state index in [4.69, 9.17) is 16.3 Å². The molecule has 22 heavy (non-hydrogen) atoms. The number of hydrogen-bond donors (Lipinski definition) is 1. The summed E-state index contributed by atoms with van der Waals surface area (Å²) in [4.78, 5) is 30.6. The molecule has 0 aliphatic carbocycles. The minimum Gasteiger partial charge on any atom is -0.442 e. The van der Waals surface area contributed by atoms with Crippen LogP contribution in [0.4, 0.5) is 4.79 Å². The van der Waals surface area contributed by atoms with Crippen LogP contribution in [0.15, 0.2) is 24.4 Å². The third kappa shape index (κ3) is 1.87. The van der Waals surface area contributed by atoms with Crippen molar-refractivity contribution in [2.24, 2.45) is 0 Å². The van der Waals surface area contributed by atoms with Crippen LogP contribution in [0.1, 0.15) is 10.4 Å².